The highest BCUT2D eigenvalue weighted by Crippen LogP contribution is 2.29. The molecule has 0 aliphatic heterocycles. The molecule has 0 bridgehead atoms. The molecule has 2 aromatic carbocycles. The Kier molecular flexibility index (Phi) is 5.11. The van der Waals surface area contributed by atoms with Gasteiger partial charge in [-0.3, -0.25) is 4.79 Å². The van der Waals surface area contributed by atoms with Gasteiger partial charge in [-0.05, 0) is 74.8 Å². The molecule has 0 aliphatic rings. The minimum absolute atomic E-state index is 0.133. The van der Waals surface area contributed by atoms with Crippen molar-refractivity contribution in [3.05, 3.63) is 63.7 Å². The van der Waals surface area contributed by atoms with Crippen LogP contribution < -0.4 is 5.30 Å². The van der Waals surface area contributed by atoms with Gasteiger partial charge >= 0.3 is 0 Å². The number of aryl methyl sites for hydroxylation is 4. The topological polar surface area (TPSA) is 17.1 Å². The van der Waals surface area contributed by atoms with E-state index in [1.807, 2.05) is 32.0 Å². The van der Waals surface area contributed by atoms with Gasteiger partial charge in [0, 0.05) is 5.56 Å². The van der Waals surface area contributed by atoms with E-state index in [1.165, 1.54) is 22.0 Å². The van der Waals surface area contributed by atoms with Gasteiger partial charge in [0.15, 0.2) is 5.52 Å². The third kappa shape index (κ3) is 3.90. The smallest absolute Gasteiger partial charge is 0.186 e. The first kappa shape index (κ1) is 17.9. The van der Waals surface area contributed by atoms with Crippen molar-refractivity contribution in [2.24, 2.45) is 0 Å². The highest BCUT2D eigenvalue weighted by Gasteiger charge is 2.19. The fraction of sp³-hybridized carbons (Fsp3) is 0.381. The Morgan fingerprint density at radius 1 is 0.870 bits per heavy atom. The lowest BCUT2D eigenvalue weighted by atomic mass is 9.85. The molecule has 0 aromatic heterocycles. The summed E-state index contributed by atoms with van der Waals surface area (Å²) in [4.78, 5) is 12.9. The first-order valence-corrected chi connectivity index (χ1v) is 9.10. The molecule has 0 amide bonds. The summed E-state index contributed by atoms with van der Waals surface area (Å²) in [7, 11) is 0.187. The zero-order chi connectivity index (χ0) is 17.4. The van der Waals surface area contributed by atoms with Crippen LogP contribution in [0.4, 0.5) is 0 Å². The predicted molar refractivity (Wildman–Crippen MR) is 103 cm³/mol. The molecule has 0 heterocycles. The lowest BCUT2D eigenvalue weighted by Gasteiger charge is -2.22. The van der Waals surface area contributed by atoms with Crippen LogP contribution in [0.15, 0.2) is 30.3 Å². The van der Waals surface area contributed by atoms with Crippen molar-refractivity contribution in [1.29, 1.82) is 0 Å². The number of benzene rings is 2. The van der Waals surface area contributed by atoms with Crippen LogP contribution in [0, 0.1) is 27.7 Å². The molecule has 1 nitrogen and oxygen atoms in total. The van der Waals surface area contributed by atoms with Crippen molar-refractivity contribution >= 4 is 19.4 Å². The van der Waals surface area contributed by atoms with E-state index in [9.17, 15) is 4.79 Å². The lowest BCUT2D eigenvalue weighted by molar-refractivity contribution is 0.108. The number of hydrogen-bond donors (Lipinski definition) is 0. The molecule has 0 fully saturated rings. The van der Waals surface area contributed by atoms with Crippen LogP contribution in [-0.2, 0) is 5.41 Å². The molecule has 0 saturated carbocycles. The molecule has 1 unspecified atom stereocenters. The summed E-state index contributed by atoms with van der Waals surface area (Å²) in [5.41, 5.74) is 7.21. The molecule has 23 heavy (non-hydrogen) atoms. The Balaban J connectivity index is 2.39. The molecule has 2 heteroatoms. The summed E-state index contributed by atoms with van der Waals surface area (Å²) < 4.78 is 0. The fourth-order valence-corrected chi connectivity index (χ4v) is 4.23. The molecular weight excluding hydrogens is 299 g/mol. The average Bonchev–Trinajstić information content (AvgIpc) is 2.41. The molecule has 0 radical (unpaired) electrons. The van der Waals surface area contributed by atoms with Crippen LogP contribution in [0.5, 0.6) is 0 Å². The van der Waals surface area contributed by atoms with Crippen molar-refractivity contribution in [1.82, 2.24) is 0 Å². The van der Waals surface area contributed by atoms with E-state index in [4.69, 9.17) is 0 Å². The van der Waals surface area contributed by atoms with E-state index >= 15 is 0 Å². The summed E-state index contributed by atoms with van der Waals surface area (Å²) in [6, 6.07) is 10.5. The Morgan fingerprint density at radius 2 is 1.35 bits per heavy atom. The van der Waals surface area contributed by atoms with E-state index in [1.54, 1.807) is 0 Å². The molecular formula is C21H27OP. The molecule has 1 atom stereocenters. The second kappa shape index (κ2) is 6.57. The van der Waals surface area contributed by atoms with Gasteiger partial charge in [-0.1, -0.05) is 51.1 Å². The first-order valence-electron chi connectivity index (χ1n) is 8.10. The molecule has 0 N–H and O–H groups in total. The van der Waals surface area contributed by atoms with E-state index in [0.717, 1.165) is 16.7 Å². The van der Waals surface area contributed by atoms with Crippen LogP contribution in [0.2, 0.25) is 0 Å². The van der Waals surface area contributed by atoms with Crippen molar-refractivity contribution < 1.29 is 4.79 Å². The summed E-state index contributed by atoms with van der Waals surface area (Å²) in [6.07, 6.45) is 0. The van der Waals surface area contributed by atoms with Crippen molar-refractivity contribution in [2.75, 3.05) is 0 Å². The van der Waals surface area contributed by atoms with Crippen LogP contribution in [-0.4, -0.2) is 5.52 Å². The van der Waals surface area contributed by atoms with Gasteiger partial charge in [0.25, 0.3) is 0 Å². The second-order valence-electron chi connectivity index (χ2n) is 7.46. The van der Waals surface area contributed by atoms with Gasteiger partial charge < -0.3 is 0 Å². The van der Waals surface area contributed by atoms with Gasteiger partial charge in [-0.25, -0.2) is 0 Å². The summed E-state index contributed by atoms with van der Waals surface area (Å²) in [5, 5.41) is 1.20. The normalized spacial score (nSPS) is 12.1. The number of carbonyl (C=O) groups excluding carboxylic acids is 1. The molecule has 0 spiro atoms. The van der Waals surface area contributed by atoms with E-state index in [-0.39, 0.29) is 19.5 Å². The Bertz CT molecular complexity index is 708. The number of hydrogen-bond acceptors (Lipinski definition) is 1. The molecule has 122 valence electrons. The molecule has 2 aromatic rings. The van der Waals surface area contributed by atoms with Crippen LogP contribution in [0.3, 0.4) is 0 Å². The minimum Gasteiger partial charge on any atom is -0.289 e. The largest absolute Gasteiger partial charge is 0.289 e. The average molecular weight is 326 g/mol. The maximum Gasteiger partial charge on any atom is 0.186 e. The maximum atomic E-state index is 12.9. The zero-order valence-electron chi connectivity index (χ0n) is 15.3. The summed E-state index contributed by atoms with van der Waals surface area (Å²) in [5.74, 6) is 0. The third-order valence-corrected chi connectivity index (χ3v) is 5.86. The lowest BCUT2D eigenvalue weighted by Crippen LogP contribution is -2.17. The SMILES string of the molecule is Cc1cc(C(C)(C)C)cc(C)c1PC(=O)c1c(C)cccc1C. The van der Waals surface area contributed by atoms with Crippen molar-refractivity contribution in [3.8, 4) is 0 Å². The van der Waals surface area contributed by atoms with Gasteiger partial charge in [-0.15, -0.1) is 0 Å². The molecule has 2 rings (SSSR count). The van der Waals surface area contributed by atoms with E-state index < -0.39 is 0 Å². The Hall–Kier alpha value is -1.46. The van der Waals surface area contributed by atoms with Crippen molar-refractivity contribution in [2.45, 2.75) is 53.9 Å². The maximum absolute atomic E-state index is 12.9. The van der Waals surface area contributed by atoms with Gasteiger partial charge in [0.2, 0.25) is 0 Å². The highest BCUT2D eigenvalue weighted by atomic mass is 31.1. The standard InChI is InChI=1S/C21H27OP/c1-13-9-8-10-14(2)18(13)20(22)23-19-15(3)11-17(12-16(19)4)21(5,6)7/h8-12,23H,1-7H3. The van der Waals surface area contributed by atoms with Crippen LogP contribution in [0.1, 0.15) is 58.9 Å². The minimum atomic E-state index is 0.133. The first-order chi connectivity index (χ1) is 10.6. The fourth-order valence-electron chi connectivity index (χ4n) is 2.94. The van der Waals surface area contributed by atoms with Crippen LogP contribution >= 0.6 is 8.58 Å². The number of carbonyl (C=O) groups is 1. The van der Waals surface area contributed by atoms with Gasteiger partial charge in [0.05, 0.1) is 0 Å². The second-order valence-corrected chi connectivity index (χ2v) is 8.66. The quantitative estimate of drug-likeness (QED) is 0.694. The summed E-state index contributed by atoms with van der Waals surface area (Å²) in [6.45, 7) is 15.0. The van der Waals surface area contributed by atoms with E-state index in [2.05, 4.69) is 46.8 Å². The zero-order valence-corrected chi connectivity index (χ0v) is 16.3. The van der Waals surface area contributed by atoms with Gasteiger partial charge in [-0.2, -0.15) is 0 Å². The third-order valence-electron chi connectivity index (χ3n) is 4.35. The molecule has 0 saturated heterocycles. The molecule has 0 aliphatic carbocycles. The van der Waals surface area contributed by atoms with E-state index in [0.29, 0.717) is 0 Å². The number of rotatable bonds is 3. The highest BCUT2D eigenvalue weighted by molar-refractivity contribution is 7.66. The Labute approximate surface area is 142 Å². The summed E-state index contributed by atoms with van der Waals surface area (Å²) >= 11 is 0. The van der Waals surface area contributed by atoms with Gasteiger partial charge in [0.1, 0.15) is 0 Å². The monoisotopic (exact) mass is 326 g/mol. The predicted octanol–water partition coefficient (Wildman–Crippen LogP) is 5.36. The van der Waals surface area contributed by atoms with Crippen LogP contribution in [0.25, 0.3) is 0 Å². The van der Waals surface area contributed by atoms with Crippen molar-refractivity contribution in [3.63, 3.8) is 0 Å². The Morgan fingerprint density at radius 3 is 1.78 bits per heavy atom.